The molecule has 0 aliphatic carbocycles. The van der Waals surface area contributed by atoms with Crippen LogP contribution in [0.5, 0.6) is 0 Å². The number of nitrogens with zero attached hydrogens (tertiary/aromatic N) is 1. The van der Waals surface area contributed by atoms with Crippen LogP contribution in [0.1, 0.15) is 13.8 Å². The molecule has 0 amide bonds. The molecular weight excluding hydrogens is 206 g/mol. The molecule has 1 heterocycles. The Balaban J connectivity index is 2.66. The summed E-state index contributed by atoms with van der Waals surface area (Å²) in [7, 11) is -3.31. The van der Waals surface area contributed by atoms with Crippen LogP contribution in [0.25, 0.3) is 0 Å². The molecule has 0 saturated carbocycles. The fourth-order valence-electron chi connectivity index (χ4n) is 1.49. The van der Waals surface area contributed by atoms with Crippen LogP contribution in [-0.4, -0.2) is 54.0 Å². The zero-order valence-electron chi connectivity index (χ0n) is 8.42. The van der Waals surface area contributed by atoms with Gasteiger partial charge in [-0.05, 0) is 5.92 Å². The van der Waals surface area contributed by atoms with Gasteiger partial charge in [-0.25, -0.2) is 8.42 Å². The van der Waals surface area contributed by atoms with Gasteiger partial charge in [0.25, 0.3) is 0 Å². The van der Waals surface area contributed by atoms with E-state index in [-0.39, 0.29) is 24.8 Å². The quantitative estimate of drug-likeness (QED) is 0.644. The second-order valence-corrected chi connectivity index (χ2v) is 6.14. The van der Waals surface area contributed by atoms with Gasteiger partial charge in [-0.15, -0.1) is 0 Å². The van der Waals surface area contributed by atoms with Gasteiger partial charge in [0.05, 0.1) is 18.0 Å². The van der Waals surface area contributed by atoms with Gasteiger partial charge in [-0.3, -0.25) is 0 Å². The molecule has 0 radical (unpaired) electrons. The smallest absolute Gasteiger partial charge is 0.214 e. The monoisotopic (exact) mass is 223 g/mol. The number of aliphatic hydroxyl groups excluding tert-OH is 2. The van der Waals surface area contributed by atoms with Crippen molar-refractivity contribution in [1.29, 1.82) is 0 Å². The molecule has 0 aromatic heterocycles. The van der Waals surface area contributed by atoms with Crippen molar-refractivity contribution in [3.63, 3.8) is 0 Å². The highest BCUT2D eigenvalue weighted by atomic mass is 32.2. The summed E-state index contributed by atoms with van der Waals surface area (Å²) in [5, 5.41) is 18.4. The predicted octanol–water partition coefficient (Wildman–Crippen LogP) is -0.990. The summed E-state index contributed by atoms with van der Waals surface area (Å²) in [4.78, 5) is 0. The molecule has 0 spiro atoms. The zero-order valence-corrected chi connectivity index (χ0v) is 9.24. The summed E-state index contributed by atoms with van der Waals surface area (Å²) >= 11 is 0. The highest BCUT2D eigenvalue weighted by Gasteiger charge is 2.36. The maximum Gasteiger partial charge on any atom is 0.214 e. The van der Waals surface area contributed by atoms with E-state index in [0.29, 0.717) is 0 Å². The van der Waals surface area contributed by atoms with Crippen LogP contribution in [-0.2, 0) is 10.0 Å². The van der Waals surface area contributed by atoms with E-state index in [1.54, 1.807) is 0 Å². The fourth-order valence-corrected chi connectivity index (χ4v) is 3.30. The lowest BCUT2D eigenvalue weighted by Gasteiger charge is -2.16. The van der Waals surface area contributed by atoms with Crippen molar-refractivity contribution in [2.75, 3.05) is 18.8 Å². The van der Waals surface area contributed by atoms with Gasteiger partial charge >= 0.3 is 0 Å². The highest BCUT2D eigenvalue weighted by Crippen LogP contribution is 2.16. The molecule has 1 saturated heterocycles. The number of aliphatic hydroxyl groups is 2. The molecule has 5 nitrogen and oxygen atoms in total. The van der Waals surface area contributed by atoms with Crippen LogP contribution in [0.4, 0.5) is 0 Å². The Morgan fingerprint density at radius 2 is 1.71 bits per heavy atom. The van der Waals surface area contributed by atoms with E-state index in [9.17, 15) is 18.6 Å². The molecule has 0 aromatic rings. The average Bonchev–Trinajstić information content (AvgIpc) is 2.30. The SMILES string of the molecule is CC(C)CS(=O)(=O)N1CC(O)C(O)C1. The van der Waals surface area contributed by atoms with Crippen molar-refractivity contribution in [2.24, 2.45) is 5.92 Å². The molecule has 1 aliphatic rings. The molecule has 0 aromatic carbocycles. The first kappa shape index (κ1) is 11.9. The van der Waals surface area contributed by atoms with Gasteiger partial charge in [0.1, 0.15) is 0 Å². The fraction of sp³-hybridized carbons (Fsp3) is 1.00. The van der Waals surface area contributed by atoms with E-state index in [2.05, 4.69) is 0 Å². The summed E-state index contributed by atoms with van der Waals surface area (Å²) in [6.07, 6.45) is -1.89. The maximum atomic E-state index is 11.6. The van der Waals surface area contributed by atoms with Gasteiger partial charge in [0, 0.05) is 13.1 Å². The van der Waals surface area contributed by atoms with Crippen molar-refractivity contribution in [1.82, 2.24) is 4.31 Å². The Morgan fingerprint density at radius 1 is 1.29 bits per heavy atom. The second kappa shape index (κ2) is 4.14. The van der Waals surface area contributed by atoms with Gasteiger partial charge in [-0.2, -0.15) is 4.31 Å². The summed E-state index contributed by atoms with van der Waals surface area (Å²) in [6, 6.07) is 0. The van der Waals surface area contributed by atoms with Crippen molar-refractivity contribution in [3.05, 3.63) is 0 Å². The van der Waals surface area contributed by atoms with E-state index in [0.717, 1.165) is 4.31 Å². The maximum absolute atomic E-state index is 11.6. The van der Waals surface area contributed by atoms with E-state index >= 15 is 0 Å². The predicted molar refractivity (Wildman–Crippen MR) is 52.2 cm³/mol. The summed E-state index contributed by atoms with van der Waals surface area (Å²) < 4.78 is 24.4. The first-order chi connectivity index (χ1) is 6.33. The number of sulfonamides is 1. The minimum Gasteiger partial charge on any atom is -0.389 e. The van der Waals surface area contributed by atoms with Gasteiger partial charge in [0.2, 0.25) is 10.0 Å². The Kier molecular flexibility index (Phi) is 3.52. The summed E-state index contributed by atoms with van der Waals surface area (Å²) in [5.74, 6) is 0.113. The average molecular weight is 223 g/mol. The Labute approximate surface area is 84.4 Å². The topological polar surface area (TPSA) is 77.8 Å². The zero-order chi connectivity index (χ0) is 10.9. The van der Waals surface area contributed by atoms with Gasteiger partial charge in [-0.1, -0.05) is 13.8 Å². The van der Waals surface area contributed by atoms with Crippen molar-refractivity contribution in [2.45, 2.75) is 26.1 Å². The number of hydrogen-bond donors (Lipinski definition) is 2. The highest BCUT2D eigenvalue weighted by molar-refractivity contribution is 7.89. The number of hydrogen-bond acceptors (Lipinski definition) is 4. The third-order valence-electron chi connectivity index (χ3n) is 2.16. The van der Waals surface area contributed by atoms with Crippen LogP contribution in [0.2, 0.25) is 0 Å². The molecule has 14 heavy (non-hydrogen) atoms. The van der Waals surface area contributed by atoms with Gasteiger partial charge in [0.15, 0.2) is 0 Å². The summed E-state index contributed by atoms with van der Waals surface area (Å²) in [5.41, 5.74) is 0. The minimum absolute atomic E-state index is 0.0101. The standard InChI is InChI=1S/C8H17NO4S/c1-6(2)5-14(12,13)9-3-7(10)8(11)4-9/h6-8,10-11H,3-5H2,1-2H3. The second-order valence-electron chi connectivity index (χ2n) is 4.12. The van der Waals surface area contributed by atoms with E-state index in [1.165, 1.54) is 0 Å². The number of rotatable bonds is 3. The van der Waals surface area contributed by atoms with E-state index in [1.807, 2.05) is 13.8 Å². The van der Waals surface area contributed by atoms with Crippen LogP contribution < -0.4 is 0 Å². The van der Waals surface area contributed by atoms with Crippen LogP contribution in [0.3, 0.4) is 0 Å². The van der Waals surface area contributed by atoms with Crippen LogP contribution in [0.15, 0.2) is 0 Å². The molecular formula is C8H17NO4S. The van der Waals surface area contributed by atoms with E-state index < -0.39 is 22.2 Å². The minimum atomic E-state index is -3.31. The summed E-state index contributed by atoms with van der Waals surface area (Å²) in [6.45, 7) is 3.66. The lowest BCUT2D eigenvalue weighted by atomic mass is 10.3. The Hall–Kier alpha value is -0.170. The van der Waals surface area contributed by atoms with Crippen molar-refractivity contribution >= 4 is 10.0 Å². The normalized spacial score (nSPS) is 30.1. The lowest BCUT2D eigenvalue weighted by Crippen LogP contribution is -2.33. The van der Waals surface area contributed by atoms with E-state index in [4.69, 9.17) is 0 Å². The number of β-amino-alcohol motifs (C(OH)–C–C–N with tert-alkyl or cyclic N) is 2. The first-order valence-corrected chi connectivity index (χ1v) is 6.28. The molecule has 1 rings (SSSR count). The molecule has 2 N–H and O–H groups in total. The van der Waals surface area contributed by atoms with Crippen LogP contribution in [0, 0.1) is 5.92 Å². The lowest BCUT2D eigenvalue weighted by molar-refractivity contribution is 0.0572. The molecule has 1 aliphatic heterocycles. The van der Waals surface area contributed by atoms with Crippen molar-refractivity contribution in [3.8, 4) is 0 Å². The molecule has 6 heteroatoms. The Morgan fingerprint density at radius 3 is 2.07 bits per heavy atom. The van der Waals surface area contributed by atoms with Gasteiger partial charge < -0.3 is 10.2 Å². The largest absolute Gasteiger partial charge is 0.389 e. The Bertz CT molecular complexity index is 278. The first-order valence-electron chi connectivity index (χ1n) is 4.67. The molecule has 2 unspecified atom stereocenters. The van der Waals surface area contributed by atoms with Crippen molar-refractivity contribution < 1.29 is 18.6 Å². The third-order valence-corrected chi connectivity index (χ3v) is 4.34. The molecule has 2 atom stereocenters. The molecule has 0 bridgehead atoms. The van der Waals surface area contributed by atoms with Crippen LogP contribution >= 0.6 is 0 Å². The molecule has 1 fully saturated rings. The third kappa shape index (κ3) is 2.66. The molecule has 84 valence electrons.